The zero-order chi connectivity index (χ0) is 24.9. The van der Waals surface area contributed by atoms with E-state index in [1.165, 1.54) is 17.9 Å². The summed E-state index contributed by atoms with van der Waals surface area (Å²) < 4.78 is 11.5. The van der Waals surface area contributed by atoms with Gasteiger partial charge in [0.1, 0.15) is 17.9 Å². The van der Waals surface area contributed by atoms with Gasteiger partial charge in [-0.15, -0.1) is 0 Å². The Morgan fingerprint density at radius 1 is 1.26 bits per heavy atom. The number of Topliss-reactive ketones (excluding diaryl/α,β-unsaturated/α-hetero) is 1. The van der Waals surface area contributed by atoms with Crippen molar-refractivity contribution in [3.63, 3.8) is 0 Å². The average molecular weight is 507 g/mol. The maximum Gasteiger partial charge on any atom is 0.297 e. The Kier molecular flexibility index (Phi) is 5.78. The highest BCUT2D eigenvalue weighted by Crippen LogP contribution is 2.43. The number of amides is 1. The fraction of sp³-hybridized carbons (Fsp3) is 0.154. The Morgan fingerprint density at radius 3 is 2.66 bits per heavy atom. The SMILES string of the molecule is C=CCOc1ccc(C2c3c(oc4ccc(Cl)cc4c3=O)C(=O)N2c2nc(C)c(C(C)=O)s2)cc1. The van der Waals surface area contributed by atoms with Crippen LogP contribution in [0, 0.1) is 6.92 Å². The van der Waals surface area contributed by atoms with Gasteiger partial charge >= 0.3 is 0 Å². The molecule has 0 fully saturated rings. The first-order valence-electron chi connectivity index (χ1n) is 10.7. The van der Waals surface area contributed by atoms with E-state index in [4.69, 9.17) is 20.8 Å². The van der Waals surface area contributed by atoms with Gasteiger partial charge in [0.25, 0.3) is 5.91 Å². The number of fused-ring (bicyclic) bond motifs is 2. The number of anilines is 1. The van der Waals surface area contributed by atoms with Crippen LogP contribution < -0.4 is 15.1 Å². The number of hydrogen-bond acceptors (Lipinski definition) is 7. The summed E-state index contributed by atoms with van der Waals surface area (Å²) in [7, 11) is 0. The van der Waals surface area contributed by atoms with Crippen LogP contribution in [0.25, 0.3) is 11.0 Å². The van der Waals surface area contributed by atoms with Crippen LogP contribution in [-0.2, 0) is 0 Å². The number of nitrogens with zero attached hydrogens (tertiary/aromatic N) is 2. The Hall–Kier alpha value is -3.75. The Labute approximate surface area is 209 Å². The maximum absolute atomic E-state index is 13.7. The molecule has 5 rings (SSSR count). The van der Waals surface area contributed by atoms with Gasteiger partial charge < -0.3 is 9.15 Å². The number of aryl methyl sites for hydroxylation is 1. The molecule has 2 aromatic heterocycles. The third-order valence-electron chi connectivity index (χ3n) is 5.71. The number of ketones is 1. The third-order valence-corrected chi connectivity index (χ3v) is 7.20. The predicted octanol–water partition coefficient (Wildman–Crippen LogP) is 5.73. The van der Waals surface area contributed by atoms with E-state index in [9.17, 15) is 14.4 Å². The van der Waals surface area contributed by atoms with Crippen molar-refractivity contribution in [1.29, 1.82) is 0 Å². The first-order chi connectivity index (χ1) is 16.8. The van der Waals surface area contributed by atoms with Gasteiger partial charge in [0, 0.05) is 11.9 Å². The maximum atomic E-state index is 13.7. The van der Waals surface area contributed by atoms with Crippen molar-refractivity contribution in [2.45, 2.75) is 19.9 Å². The highest BCUT2D eigenvalue weighted by Gasteiger charge is 2.45. The molecule has 0 aliphatic carbocycles. The zero-order valence-corrected chi connectivity index (χ0v) is 20.4. The van der Waals surface area contributed by atoms with Crippen molar-refractivity contribution < 1.29 is 18.7 Å². The van der Waals surface area contributed by atoms with Crippen LogP contribution in [0.1, 0.15) is 50.0 Å². The first-order valence-corrected chi connectivity index (χ1v) is 11.9. The van der Waals surface area contributed by atoms with Gasteiger partial charge in [-0.25, -0.2) is 4.98 Å². The Balaban J connectivity index is 1.73. The molecule has 2 aromatic carbocycles. The lowest BCUT2D eigenvalue weighted by Crippen LogP contribution is -2.29. The molecule has 0 saturated heterocycles. The molecule has 35 heavy (non-hydrogen) atoms. The molecule has 1 amide bonds. The van der Waals surface area contributed by atoms with E-state index in [0.29, 0.717) is 38.6 Å². The summed E-state index contributed by atoms with van der Waals surface area (Å²) >= 11 is 7.25. The molecule has 1 aliphatic heterocycles. The molecule has 0 saturated carbocycles. The van der Waals surface area contributed by atoms with Crippen LogP contribution >= 0.6 is 22.9 Å². The van der Waals surface area contributed by atoms with Crippen LogP contribution in [0.4, 0.5) is 5.13 Å². The summed E-state index contributed by atoms with van der Waals surface area (Å²) in [4.78, 5) is 45.8. The van der Waals surface area contributed by atoms with Gasteiger partial charge in [-0.3, -0.25) is 19.3 Å². The van der Waals surface area contributed by atoms with E-state index in [1.807, 2.05) is 0 Å². The number of hydrogen-bond donors (Lipinski definition) is 0. The zero-order valence-electron chi connectivity index (χ0n) is 18.8. The number of thiazole rings is 1. The molecule has 0 N–H and O–H groups in total. The monoisotopic (exact) mass is 506 g/mol. The van der Waals surface area contributed by atoms with E-state index in [0.717, 1.165) is 11.3 Å². The summed E-state index contributed by atoms with van der Waals surface area (Å²) in [5, 5.41) is 0.969. The van der Waals surface area contributed by atoms with E-state index >= 15 is 0 Å². The quantitative estimate of drug-likeness (QED) is 0.245. The van der Waals surface area contributed by atoms with Gasteiger partial charge in [-0.2, -0.15) is 0 Å². The minimum Gasteiger partial charge on any atom is -0.490 e. The molecule has 1 atom stereocenters. The summed E-state index contributed by atoms with van der Waals surface area (Å²) in [6.07, 6.45) is 1.64. The molecule has 7 nitrogen and oxygen atoms in total. The van der Waals surface area contributed by atoms with Crippen molar-refractivity contribution >= 4 is 50.7 Å². The van der Waals surface area contributed by atoms with E-state index < -0.39 is 11.9 Å². The van der Waals surface area contributed by atoms with E-state index in [2.05, 4.69) is 11.6 Å². The highest BCUT2D eigenvalue weighted by atomic mass is 35.5. The third kappa shape index (κ3) is 3.84. The second-order valence-electron chi connectivity index (χ2n) is 8.03. The summed E-state index contributed by atoms with van der Waals surface area (Å²) in [5.74, 6) is -0.0925. The van der Waals surface area contributed by atoms with Gasteiger partial charge in [0.15, 0.2) is 16.3 Å². The number of halogens is 1. The average Bonchev–Trinajstić information content (AvgIpc) is 3.36. The lowest BCUT2D eigenvalue weighted by molar-refractivity contribution is 0.0969. The molecule has 0 spiro atoms. The number of ether oxygens (including phenoxy) is 1. The van der Waals surface area contributed by atoms with Crippen LogP contribution in [0.15, 0.2) is 64.3 Å². The minimum absolute atomic E-state index is 0.0564. The van der Waals surface area contributed by atoms with Gasteiger partial charge in [0.05, 0.1) is 27.6 Å². The molecule has 3 heterocycles. The fourth-order valence-electron chi connectivity index (χ4n) is 4.17. The normalized spacial score (nSPS) is 14.9. The molecule has 0 radical (unpaired) electrons. The number of aromatic nitrogens is 1. The molecular weight excluding hydrogens is 488 g/mol. The standard InChI is InChI=1S/C26H19ClN2O5S/c1-4-11-33-17-8-5-15(6-9-17)21-20-22(31)18-12-16(27)7-10-19(18)34-23(20)25(32)29(21)26-28-13(2)24(35-26)14(3)30/h4-10,12,21H,1,11H2,2-3H3. The van der Waals surface area contributed by atoms with Crippen LogP contribution in [0.5, 0.6) is 5.75 Å². The molecule has 9 heteroatoms. The van der Waals surface area contributed by atoms with Crippen molar-refractivity contribution in [3.05, 3.63) is 97.8 Å². The number of benzene rings is 2. The molecule has 4 aromatic rings. The van der Waals surface area contributed by atoms with Gasteiger partial charge in [0.2, 0.25) is 5.76 Å². The largest absolute Gasteiger partial charge is 0.490 e. The number of rotatable bonds is 6. The topological polar surface area (TPSA) is 89.7 Å². The Morgan fingerprint density at radius 2 is 2.00 bits per heavy atom. The van der Waals surface area contributed by atoms with Gasteiger partial charge in [-0.1, -0.05) is 47.7 Å². The molecule has 176 valence electrons. The van der Waals surface area contributed by atoms with E-state index in [-0.39, 0.29) is 33.5 Å². The first kappa shape index (κ1) is 23.0. The summed E-state index contributed by atoms with van der Waals surface area (Å²) in [6.45, 7) is 7.15. The Bertz CT molecular complexity index is 1570. The molecular formula is C26H19ClN2O5S. The molecule has 0 bridgehead atoms. The number of carbonyl (C=O) groups is 2. The lowest BCUT2D eigenvalue weighted by atomic mass is 9.98. The second kappa shape index (κ2) is 8.79. The lowest BCUT2D eigenvalue weighted by Gasteiger charge is -2.22. The van der Waals surface area contributed by atoms with Crippen molar-refractivity contribution in [3.8, 4) is 5.75 Å². The van der Waals surface area contributed by atoms with Crippen molar-refractivity contribution in [2.75, 3.05) is 11.5 Å². The van der Waals surface area contributed by atoms with Crippen molar-refractivity contribution in [2.24, 2.45) is 0 Å². The molecule has 1 aliphatic rings. The van der Waals surface area contributed by atoms with Gasteiger partial charge in [-0.05, 0) is 42.8 Å². The number of carbonyl (C=O) groups excluding carboxylic acids is 2. The van der Waals surface area contributed by atoms with Crippen LogP contribution in [0.3, 0.4) is 0 Å². The van der Waals surface area contributed by atoms with Crippen LogP contribution in [-0.4, -0.2) is 23.3 Å². The fourth-order valence-corrected chi connectivity index (χ4v) is 5.33. The summed E-state index contributed by atoms with van der Waals surface area (Å²) in [6, 6.07) is 11.0. The smallest absolute Gasteiger partial charge is 0.297 e. The van der Waals surface area contributed by atoms with Crippen LogP contribution in [0.2, 0.25) is 5.02 Å². The van der Waals surface area contributed by atoms with E-state index in [1.54, 1.807) is 49.4 Å². The predicted molar refractivity (Wildman–Crippen MR) is 135 cm³/mol. The summed E-state index contributed by atoms with van der Waals surface area (Å²) in [5.41, 5.74) is 1.29. The highest BCUT2D eigenvalue weighted by molar-refractivity contribution is 7.17. The second-order valence-corrected chi connectivity index (χ2v) is 9.44. The van der Waals surface area contributed by atoms with Crippen molar-refractivity contribution in [1.82, 2.24) is 4.98 Å². The minimum atomic E-state index is -0.809. The molecule has 1 unspecified atom stereocenters.